The number of amides is 1. The highest BCUT2D eigenvalue weighted by Gasteiger charge is 2.05. The third-order valence-corrected chi connectivity index (χ3v) is 2.21. The monoisotopic (exact) mass is 222 g/mol. The van der Waals surface area contributed by atoms with Crippen LogP contribution in [0, 0.1) is 0 Å². The van der Waals surface area contributed by atoms with Crippen LogP contribution in [-0.4, -0.2) is 30.2 Å². The van der Waals surface area contributed by atoms with Gasteiger partial charge < -0.3 is 16.2 Å². The Kier molecular flexibility index (Phi) is 4.95. The summed E-state index contributed by atoms with van der Waals surface area (Å²) in [6, 6.07) is 7.32. The molecule has 0 aromatic heterocycles. The molecule has 88 valence electrons. The molecule has 0 aliphatic rings. The van der Waals surface area contributed by atoms with E-state index in [-0.39, 0.29) is 12.5 Å². The SMILES string of the molecule is CC(O)CNC(=O)c1ccc(CCN)cc1. The maximum atomic E-state index is 11.6. The number of rotatable bonds is 5. The van der Waals surface area contributed by atoms with Gasteiger partial charge in [-0.15, -0.1) is 0 Å². The second-order valence-electron chi connectivity index (χ2n) is 3.79. The lowest BCUT2D eigenvalue weighted by atomic mass is 10.1. The Morgan fingerprint density at radius 3 is 2.56 bits per heavy atom. The van der Waals surface area contributed by atoms with E-state index in [4.69, 9.17) is 10.8 Å². The van der Waals surface area contributed by atoms with Crippen molar-refractivity contribution in [1.29, 1.82) is 0 Å². The van der Waals surface area contributed by atoms with E-state index in [1.165, 1.54) is 0 Å². The van der Waals surface area contributed by atoms with Crippen molar-refractivity contribution in [2.24, 2.45) is 5.73 Å². The molecule has 1 unspecified atom stereocenters. The molecule has 0 bridgehead atoms. The molecular formula is C12H18N2O2. The molecule has 0 saturated heterocycles. The molecule has 0 fully saturated rings. The summed E-state index contributed by atoms with van der Waals surface area (Å²) in [5.41, 5.74) is 7.15. The fraction of sp³-hybridized carbons (Fsp3) is 0.417. The molecule has 0 aliphatic heterocycles. The van der Waals surface area contributed by atoms with Gasteiger partial charge in [0.05, 0.1) is 6.10 Å². The molecule has 1 aromatic rings. The maximum Gasteiger partial charge on any atom is 0.251 e. The summed E-state index contributed by atoms with van der Waals surface area (Å²) in [5.74, 6) is -0.166. The first-order chi connectivity index (χ1) is 7.63. The molecule has 0 saturated carbocycles. The zero-order chi connectivity index (χ0) is 12.0. The molecular weight excluding hydrogens is 204 g/mol. The van der Waals surface area contributed by atoms with Crippen LogP contribution in [0.4, 0.5) is 0 Å². The van der Waals surface area contributed by atoms with Crippen LogP contribution in [0.15, 0.2) is 24.3 Å². The Morgan fingerprint density at radius 1 is 1.44 bits per heavy atom. The quantitative estimate of drug-likeness (QED) is 0.670. The number of hydrogen-bond acceptors (Lipinski definition) is 3. The van der Waals surface area contributed by atoms with E-state index in [0.717, 1.165) is 12.0 Å². The molecule has 0 radical (unpaired) electrons. The lowest BCUT2D eigenvalue weighted by Gasteiger charge is -2.07. The van der Waals surface area contributed by atoms with E-state index in [2.05, 4.69) is 5.32 Å². The highest BCUT2D eigenvalue weighted by Crippen LogP contribution is 2.04. The summed E-state index contributed by atoms with van der Waals surface area (Å²) in [5, 5.41) is 11.7. The van der Waals surface area contributed by atoms with Crippen molar-refractivity contribution in [2.75, 3.05) is 13.1 Å². The van der Waals surface area contributed by atoms with Crippen LogP contribution < -0.4 is 11.1 Å². The number of nitrogens with one attached hydrogen (secondary N) is 1. The molecule has 4 heteroatoms. The van der Waals surface area contributed by atoms with Crippen molar-refractivity contribution >= 4 is 5.91 Å². The topological polar surface area (TPSA) is 75.3 Å². The van der Waals surface area contributed by atoms with Crippen molar-refractivity contribution < 1.29 is 9.90 Å². The first kappa shape index (κ1) is 12.7. The van der Waals surface area contributed by atoms with Gasteiger partial charge in [-0.05, 0) is 37.6 Å². The Hall–Kier alpha value is -1.39. The number of aliphatic hydroxyl groups is 1. The minimum absolute atomic E-state index is 0.166. The summed E-state index contributed by atoms with van der Waals surface area (Å²) < 4.78 is 0. The van der Waals surface area contributed by atoms with E-state index in [0.29, 0.717) is 12.1 Å². The molecule has 0 spiro atoms. The van der Waals surface area contributed by atoms with Gasteiger partial charge in [0.25, 0.3) is 5.91 Å². The molecule has 0 heterocycles. The molecule has 4 N–H and O–H groups in total. The summed E-state index contributed by atoms with van der Waals surface area (Å²) >= 11 is 0. The molecule has 16 heavy (non-hydrogen) atoms. The van der Waals surface area contributed by atoms with Crippen molar-refractivity contribution in [3.63, 3.8) is 0 Å². The Bertz CT molecular complexity index is 333. The van der Waals surface area contributed by atoms with E-state index in [1.54, 1.807) is 19.1 Å². The molecule has 1 rings (SSSR count). The van der Waals surface area contributed by atoms with Crippen LogP contribution in [0.2, 0.25) is 0 Å². The fourth-order valence-corrected chi connectivity index (χ4v) is 1.33. The molecule has 1 aromatic carbocycles. The van der Waals surface area contributed by atoms with Crippen LogP contribution in [0.3, 0.4) is 0 Å². The van der Waals surface area contributed by atoms with E-state index in [1.807, 2.05) is 12.1 Å². The van der Waals surface area contributed by atoms with Crippen molar-refractivity contribution in [3.05, 3.63) is 35.4 Å². The third-order valence-electron chi connectivity index (χ3n) is 2.21. The van der Waals surface area contributed by atoms with Gasteiger partial charge in [-0.2, -0.15) is 0 Å². The number of hydrogen-bond donors (Lipinski definition) is 3. The molecule has 0 aliphatic carbocycles. The zero-order valence-electron chi connectivity index (χ0n) is 9.44. The first-order valence-electron chi connectivity index (χ1n) is 5.38. The third kappa shape index (κ3) is 4.00. The minimum atomic E-state index is -0.527. The number of nitrogens with two attached hydrogens (primary N) is 1. The lowest BCUT2D eigenvalue weighted by Crippen LogP contribution is -2.30. The smallest absolute Gasteiger partial charge is 0.251 e. The summed E-state index contributed by atoms with van der Waals surface area (Å²) in [4.78, 5) is 11.6. The number of benzene rings is 1. The Morgan fingerprint density at radius 2 is 2.06 bits per heavy atom. The lowest BCUT2D eigenvalue weighted by molar-refractivity contribution is 0.0924. The standard InChI is InChI=1S/C12H18N2O2/c1-9(15)8-14-12(16)11-4-2-10(3-5-11)6-7-13/h2-5,9,15H,6-8,13H2,1H3,(H,14,16). The van der Waals surface area contributed by atoms with Gasteiger partial charge in [-0.1, -0.05) is 12.1 Å². The summed E-state index contributed by atoms with van der Waals surface area (Å²) in [6.45, 7) is 2.50. The van der Waals surface area contributed by atoms with Crippen molar-refractivity contribution in [3.8, 4) is 0 Å². The largest absolute Gasteiger partial charge is 0.392 e. The predicted molar refractivity (Wildman–Crippen MR) is 63.2 cm³/mol. The molecule has 1 amide bonds. The first-order valence-corrected chi connectivity index (χ1v) is 5.38. The Labute approximate surface area is 95.5 Å². The second kappa shape index (κ2) is 6.25. The van der Waals surface area contributed by atoms with E-state index < -0.39 is 6.10 Å². The van der Waals surface area contributed by atoms with Crippen LogP contribution >= 0.6 is 0 Å². The number of carbonyl (C=O) groups excluding carboxylic acids is 1. The van der Waals surface area contributed by atoms with E-state index in [9.17, 15) is 4.79 Å². The highest BCUT2D eigenvalue weighted by molar-refractivity contribution is 5.94. The summed E-state index contributed by atoms with van der Waals surface area (Å²) in [7, 11) is 0. The normalized spacial score (nSPS) is 12.2. The van der Waals surface area contributed by atoms with Gasteiger partial charge in [-0.3, -0.25) is 4.79 Å². The van der Waals surface area contributed by atoms with Crippen molar-refractivity contribution in [1.82, 2.24) is 5.32 Å². The van der Waals surface area contributed by atoms with Crippen LogP contribution in [-0.2, 0) is 6.42 Å². The predicted octanol–water partition coefficient (Wildman–Crippen LogP) is 0.298. The van der Waals surface area contributed by atoms with Gasteiger partial charge in [0, 0.05) is 12.1 Å². The Balaban J connectivity index is 2.56. The van der Waals surface area contributed by atoms with Crippen LogP contribution in [0.5, 0.6) is 0 Å². The summed E-state index contributed by atoms with van der Waals surface area (Å²) in [6.07, 6.45) is 0.288. The van der Waals surface area contributed by atoms with Gasteiger partial charge in [-0.25, -0.2) is 0 Å². The van der Waals surface area contributed by atoms with E-state index >= 15 is 0 Å². The van der Waals surface area contributed by atoms with Gasteiger partial charge in [0.1, 0.15) is 0 Å². The van der Waals surface area contributed by atoms with Gasteiger partial charge in [0.2, 0.25) is 0 Å². The van der Waals surface area contributed by atoms with Crippen molar-refractivity contribution in [2.45, 2.75) is 19.4 Å². The average Bonchev–Trinajstić information content (AvgIpc) is 2.27. The van der Waals surface area contributed by atoms with Gasteiger partial charge >= 0.3 is 0 Å². The molecule has 1 atom stereocenters. The average molecular weight is 222 g/mol. The minimum Gasteiger partial charge on any atom is -0.392 e. The highest BCUT2D eigenvalue weighted by atomic mass is 16.3. The zero-order valence-corrected chi connectivity index (χ0v) is 9.44. The molecule has 4 nitrogen and oxygen atoms in total. The van der Waals surface area contributed by atoms with Crippen LogP contribution in [0.25, 0.3) is 0 Å². The maximum absolute atomic E-state index is 11.6. The van der Waals surface area contributed by atoms with Gasteiger partial charge in [0.15, 0.2) is 0 Å². The van der Waals surface area contributed by atoms with Crippen LogP contribution in [0.1, 0.15) is 22.8 Å². The second-order valence-corrected chi connectivity index (χ2v) is 3.79. The number of carbonyl (C=O) groups is 1. The fourth-order valence-electron chi connectivity index (χ4n) is 1.33. The number of aliphatic hydroxyl groups excluding tert-OH is 1.